The zero-order chi connectivity index (χ0) is 19.2. The van der Waals surface area contributed by atoms with Gasteiger partial charge in [0, 0.05) is 31.7 Å². The molecule has 1 spiro atoms. The number of carboxylic acid groups (broad SMARTS) is 1. The third kappa shape index (κ3) is 3.36. The van der Waals surface area contributed by atoms with Crippen LogP contribution in [0.5, 0.6) is 0 Å². The molecule has 3 aliphatic rings. The average Bonchev–Trinajstić information content (AvgIpc) is 3.44. The van der Waals surface area contributed by atoms with Crippen LogP contribution in [0.15, 0.2) is 18.3 Å². The lowest BCUT2D eigenvalue weighted by atomic mass is 9.76. The fraction of sp³-hybridized carbons (Fsp3) is 0.579. The highest BCUT2D eigenvalue weighted by Crippen LogP contribution is 2.45. The van der Waals surface area contributed by atoms with E-state index in [0.717, 1.165) is 12.8 Å². The fourth-order valence-corrected chi connectivity index (χ4v) is 4.33. The molecule has 1 saturated carbocycles. The summed E-state index contributed by atoms with van der Waals surface area (Å²) in [6.45, 7) is 1.60. The summed E-state index contributed by atoms with van der Waals surface area (Å²) >= 11 is 0. The number of aromatic nitrogens is 1. The Balaban J connectivity index is 1.43. The Morgan fingerprint density at radius 3 is 2.44 bits per heavy atom. The number of nitrogens with two attached hydrogens (primary N) is 1. The Morgan fingerprint density at radius 1 is 1.19 bits per heavy atom. The van der Waals surface area contributed by atoms with Crippen LogP contribution in [0.4, 0.5) is 5.82 Å². The number of anilines is 1. The summed E-state index contributed by atoms with van der Waals surface area (Å²) in [5.41, 5.74) is 5.86. The molecule has 2 aliphatic heterocycles. The third-order valence-electron chi connectivity index (χ3n) is 6.15. The van der Waals surface area contributed by atoms with E-state index < -0.39 is 12.0 Å². The quantitative estimate of drug-likeness (QED) is 0.817. The lowest BCUT2D eigenvalue weighted by molar-refractivity contribution is -0.148. The number of hydrogen-bond acceptors (Lipinski definition) is 5. The normalized spacial score (nSPS) is 24.2. The smallest absolute Gasteiger partial charge is 0.326 e. The number of nitrogens with zero attached hydrogens (tertiary/aromatic N) is 3. The molecule has 144 valence electrons. The first-order valence-electron chi connectivity index (χ1n) is 9.43. The molecule has 0 unspecified atom stereocenters. The van der Waals surface area contributed by atoms with E-state index in [2.05, 4.69) is 4.98 Å². The predicted octanol–water partition coefficient (Wildman–Crippen LogP) is 0.982. The van der Waals surface area contributed by atoms with E-state index in [4.69, 9.17) is 5.73 Å². The molecule has 0 radical (unpaired) electrons. The average molecular weight is 372 g/mol. The van der Waals surface area contributed by atoms with Gasteiger partial charge in [0.15, 0.2) is 0 Å². The zero-order valence-corrected chi connectivity index (χ0v) is 15.1. The van der Waals surface area contributed by atoms with Gasteiger partial charge in [0.2, 0.25) is 5.91 Å². The van der Waals surface area contributed by atoms with Crippen LogP contribution in [0.2, 0.25) is 0 Å². The molecule has 8 heteroatoms. The van der Waals surface area contributed by atoms with Gasteiger partial charge in [-0.25, -0.2) is 9.78 Å². The number of piperidine rings is 1. The van der Waals surface area contributed by atoms with Crippen LogP contribution in [0.1, 0.15) is 42.5 Å². The minimum atomic E-state index is -0.924. The number of nitrogen functional groups attached to an aromatic ring is 1. The number of amides is 2. The molecule has 8 nitrogen and oxygen atoms in total. The molecule has 1 aliphatic carbocycles. The number of aliphatic carboxylic acids is 1. The third-order valence-corrected chi connectivity index (χ3v) is 6.15. The van der Waals surface area contributed by atoms with Crippen LogP contribution >= 0.6 is 0 Å². The van der Waals surface area contributed by atoms with Crippen molar-refractivity contribution >= 4 is 23.6 Å². The lowest BCUT2D eigenvalue weighted by Gasteiger charge is -2.39. The minimum absolute atomic E-state index is 0.00858. The topological polar surface area (TPSA) is 117 Å². The zero-order valence-electron chi connectivity index (χ0n) is 15.1. The summed E-state index contributed by atoms with van der Waals surface area (Å²) < 4.78 is 0. The van der Waals surface area contributed by atoms with Crippen LogP contribution in [0.3, 0.4) is 0 Å². The van der Waals surface area contributed by atoms with E-state index in [0.29, 0.717) is 50.3 Å². The number of carbonyl (C=O) groups is 3. The second-order valence-corrected chi connectivity index (χ2v) is 8.06. The van der Waals surface area contributed by atoms with Crippen molar-refractivity contribution in [1.29, 1.82) is 0 Å². The molecule has 0 bridgehead atoms. The van der Waals surface area contributed by atoms with Gasteiger partial charge in [-0.2, -0.15) is 0 Å². The Hall–Kier alpha value is -2.64. The molecule has 3 N–H and O–H groups in total. The summed E-state index contributed by atoms with van der Waals surface area (Å²) in [5.74, 6) is -0.633. The van der Waals surface area contributed by atoms with Gasteiger partial charge in [0.1, 0.15) is 11.9 Å². The van der Waals surface area contributed by atoms with Crippen molar-refractivity contribution in [1.82, 2.24) is 14.8 Å². The number of pyridine rings is 1. The van der Waals surface area contributed by atoms with Crippen molar-refractivity contribution < 1.29 is 19.5 Å². The lowest BCUT2D eigenvalue weighted by Crippen LogP contribution is -2.45. The highest BCUT2D eigenvalue weighted by molar-refractivity contribution is 5.94. The standard InChI is InChI=1S/C19H24N4O4/c20-15-4-3-13(10-21-15)16(24)22-7-5-19(6-8-22)9-14(18(26)27)23(11-19)17(25)12-1-2-12/h3-4,10,12,14H,1-2,5-9,11H2,(H2,20,21)(H,26,27)/t14-/m0/s1. The summed E-state index contributed by atoms with van der Waals surface area (Å²) in [5, 5.41) is 9.58. The van der Waals surface area contributed by atoms with Crippen molar-refractivity contribution in [2.24, 2.45) is 11.3 Å². The highest BCUT2D eigenvalue weighted by atomic mass is 16.4. The van der Waals surface area contributed by atoms with Gasteiger partial charge in [-0.15, -0.1) is 0 Å². The Kier molecular flexibility index (Phi) is 4.28. The van der Waals surface area contributed by atoms with Gasteiger partial charge in [-0.3, -0.25) is 9.59 Å². The Morgan fingerprint density at radius 2 is 1.89 bits per heavy atom. The molecule has 2 saturated heterocycles. The van der Waals surface area contributed by atoms with E-state index in [1.54, 1.807) is 21.9 Å². The monoisotopic (exact) mass is 372 g/mol. The number of carboxylic acids is 1. The summed E-state index contributed by atoms with van der Waals surface area (Å²) in [6, 6.07) is 2.54. The first kappa shape index (κ1) is 17.8. The second-order valence-electron chi connectivity index (χ2n) is 8.06. The maximum absolute atomic E-state index is 12.6. The summed E-state index contributed by atoms with van der Waals surface area (Å²) in [4.78, 5) is 44.2. The van der Waals surface area contributed by atoms with Gasteiger partial charge in [0.05, 0.1) is 5.56 Å². The molecule has 1 aromatic heterocycles. The molecule has 3 fully saturated rings. The van der Waals surface area contributed by atoms with Gasteiger partial charge >= 0.3 is 5.97 Å². The molecule has 27 heavy (non-hydrogen) atoms. The number of likely N-dealkylation sites (tertiary alicyclic amines) is 2. The number of rotatable bonds is 3. The maximum atomic E-state index is 12.6. The highest BCUT2D eigenvalue weighted by Gasteiger charge is 2.52. The van der Waals surface area contributed by atoms with Crippen molar-refractivity contribution in [3.8, 4) is 0 Å². The van der Waals surface area contributed by atoms with Gasteiger partial charge < -0.3 is 20.6 Å². The van der Waals surface area contributed by atoms with Crippen LogP contribution in [-0.4, -0.2) is 63.4 Å². The molecule has 3 heterocycles. The predicted molar refractivity (Wildman–Crippen MR) is 96.7 cm³/mol. The summed E-state index contributed by atoms with van der Waals surface area (Å²) in [7, 11) is 0. The van der Waals surface area contributed by atoms with Gasteiger partial charge in [-0.05, 0) is 49.7 Å². The van der Waals surface area contributed by atoms with Crippen molar-refractivity contribution in [3.05, 3.63) is 23.9 Å². The summed E-state index contributed by atoms with van der Waals surface area (Å²) in [6.07, 6.45) is 5.11. The van der Waals surface area contributed by atoms with Crippen LogP contribution < -0.4 is 5.73 Å². The molecule has 4 rings (SSSR count). The molecule has 2 amide bonds. The van der Waals surface area contributed by atoms with E-state index in [1.807, 2.05) is 0 Å². The first-order valence-corrected chi connectivity index (χ1v) is 9.43. The maximum Gasteiger partial charge on any atom is 0.326 e. The SMILES string of the molecule is Nc1ccc(C(=O)N2CCC3(CC2)C[C@@H](C(=O)O)N(C(=O)C2CC2)C3)cn1. The fourth-order valence-electron chi connectivity index (χ4n) is 4.33. The van der Waals surface area contributed by atoms with Gasteiger partial charge in [-0.1, -0.05) is 0 Å². The van der Waals surface area contributed by atoms with E-state index in [9.17, 15) is 19.5 Å². The molecule has 1 atom stereocenters. The van der Waals surface area contributed by atoms with E-state index >= 15 is 0 Å². The van der Waals surface area contributed by atoms with Crippen LogP contribution in [-0.2, 0) is 9.59 Å². The molecule has 1 aromatic rings. The molecule has 0 aromatic carbocycles. The number of hydrogen-bond donors (Lipinski definition) is 2. The first-order chi connectivity index (χ1) is 12.9. The van der Waals surface area contributed by atoms with E-state index in [-0.39, 0.29) is 23.1 Å². The Bertz CT molecular complexity index is 766. The number of carbonyl (C=O) groups excluding carboxylic acids is 2. The molecular weight excluding hydrogens is 348 g/mol. The molecular formula is C19H24N4O4. The Labute approximate surface area is 157 Å². The van der Waals surface area contributed by atoms with Gasteiger partial charge in [0.25, 0.3) is 5.91 Å². The largest absolute Gasteiger partial charge is 0.480 e. The minimum Gasteiger partial charge on any atom is -0.480 e. The van der Waals surface area contributed by atoms with Crippen molar-refractivity contribution in [2.45, 2.75) is 38.1 Å². The van der Waals surface area contributed by atoms with E-state index in [1.165, 1.54) is 6.20 Å². The second kappa shape index (κ2) is 6.51. The van der Waals surface area contributed by atoms with Crippen LogP contribution in [0, 0.1) is 11.3 Å². The van der Waals surface area contributed by atoms with Crippen LogP contribution in [0.25, 0.3) is 0 Å². The van der Waals surface area contributed by atoms with Crippen molar-refractivity contribution in [3.63, 3.8) is 0 Å². The van der Waals surface area contributed by atoms with Crippen molar-refractivity contribution in [2.75, 3.05) is 25.4 Å².